The number of hydrogen-bond acceptors (Lipinski definition) is 3. The molecule has 1 aliphatic rings. The van der Waals surface area contributed by atoms with E-state index in [0.29, 0.717) is 18.8 Å². The average molecular weight is 417 g/mol. The van der Waals surface area contributed by atoms with E-state index in [4.69, 9.17) is 9.47 Å². The molecule has 0 saturated carbocycles. The molecule has 0 heterocycles. The first-order valence-electron chi connectivity index (χ1n) is 9.32. The predicted octanol–water partition coefficient (Wildman–Crippen LogP) is 5.26. The van der Waals surface area contributed by atoms with E-state index in [9.17, 15) is 4.79 Å². The fourth-order valence-corrected chi connectivity index (χ4v) is 4.01. The number of esters is 1. The maximum absolute atomic E-state index is 12.6. The minimum atomic E-state index is -0.292. The lowest BCUT2D eigenvalue weighted by Gasteiger charge is -2.25. The van der Waals surface area contributed by atoms with E-state index >= 15 is 0 Å². The first kappa shape index (κ1) is 19.0. The van der Waals surface area contributed by atoms with Crippen LogP contribution in [0, 0.1) is 0 Å². The van der Waals surface area contributed by atoms with Crippen LogP contribution < -0.4 is 4.74 Å². The fourth-order valence-electron chi connectivity index (χ4n) is 3.58. The molecule has 4 heteroatoms. The molecule has 0 fully saturated rings. The van der Waals surface area contributed by atoms with Crippen molar-refractivity contribution in [2.75, 3.05) is 11.9 Å². The summed E-state index contributed by atoms with van der Waals surface area (Å²) in [6, 6.07) is 12.1. The summed E-state index contributed by atoms with van der Waals surface area (Å²) in [6.45, 7) is 2.65. The van der Waals surface area contributed by atoms with Crippen LogP contribution in [0.1, 0.15) is 52.4 Å². The molecule has 0 amide bonds. The van der Waals surface area contributed by atoms with Gasteiger partial charge in [0, 0.05) is 5.33 Å². The number of halogens is 1. The minimum absolute atomic E-state index is 0.292. The van der Waals surface area contributed by atoms with Gasteiger partial charge in [-0.15, -0.1) is 0 Å². The van der Waals surface area contributed by atoms with Crippen molar-refractivity contribution >= 4 is 21.9 Å². The summed E-state index contributed by atoms with van der Waals surface area (Å²) in [6.07, 6.45) is 5.26. The smallest absolute Gasteiger partial charge is 0.341 e. The molecule has 0 N–H and O–H groups in total. The van der Waals surface area contributed by atoms with Gasteiger partial charge in [0.1, 0.15) is 17.9 Å². The van der Waals surface area contributed by atoms with Crippen LogP contribution in [0.3, 0.4) is 0 Å². The zero-order valence-corrected chi connectivity index (χ0v) is 16.8. The number of carbonyl (C=O) groups is 1. The number of alkyl halides is 1. The Balaban J connectivity index is 2.02. The zero-order valence-electron chi connectivity index (χ0n) is 15.2. The number of fused-ring (bicyclic) bond motifs is 1. The van der Waals surface area contributed by atoms with Crippen molar-refractivity contribution in [1.29, 1.82) is 0 Å². The van der Waals surface area contributed by atoms with E-state index in [1.165, 1.54) is 23.1 Å². The summed E-state index contributed by atoms with van der Waals surface area (Å²) < 4.78 is 11.5. The van der Waals surface area contributed by atoms with Gasteiger partial charge in [0.05, 0.1) is 6.61 Å². The second-order valence-electron chi connectivity index (χ2n) is 6.51. The van der Waals surface area contributed by atoms with Crippen molar-refractivity contribution in [3.63, 3.8) is 0 Å². The number of rotatable bonds is 7. The molecule has 0 bridgehead atoms. The van der Waals surface area contributed by atoms with Gasteiger partial charge in [0.25, 0.3) is 0 Å². The number of carbonyl (C=O) groups excluding carboxylic acids is 1. The lowest BCUT2D eigenvalue weighted by atomic mass is 9.85. The average Bonchev–Trinajstić information content (AvgIpc) is 2.68. The highest BCUT2D eigenvalue weighted by Crippen LogP contribution is 2.37. The predicted molar refractivity (Wildman–Crippen MR) is 107 cm³/mol. The molecule has 0 spiro atoms. The third-order valence-corrected chi connectivity index (χ3v) is 5.17. The fraction of sp³-hybridized carbons (Fsp3) is 0.409. The van der Waals surface area contributed by atoms with Gasteiger partial charge in [-0.1, -0.05) is 46.3 Å². The summed E-state index contributed by atoms with van der Waals surface area (Å²) in [7, 11) is 0. The molecule has 0 radical (unpaired) electrons. The first-order chi connectivity index (χ1) is 12.7. The monoisotopic (exact) mass is 416 g/mol. The van der Waals surface area contributed by atoms with Crippen LogP contribution in [0.15, 0.2) is 36.4 Å². The largest absolute Gasteiger partial charge is 0.488 e. The SMILES string of the molecule is CCOC(=O)c1cc(CCBr)c2c(c1OCc1ccccc1)CCCC2. The molecule has 0 atom stereocenters. The summed E-state index contributed by atoms with van der Waals surface area (Å²) in [4.78, 5) is 12.6. The van der Waals surface area contributed by atoms with E-state index in [-0.39, 0.29) is 5.97 Å². The van der Waals surface area contributed by atoms with E-state index in [1.807, 2.05) is 43.3 Å². The topological polar surface area (TPSA) is 35.5 Å². The van der Waals surface area contributed by atoms with Crippen molar-refractivity contribution < 1.29 is 14.3 Å². The van der Waals surface area contributed by atoms with Crippen LogP contribution >= 0.6 is 15.9 Å². The van der Waals surface area contributed by atoms with Gasteiger partial charge in [-0.05, 0) is 67.3 Å². The van der Waals surface area contributed by atoms with Crippen LogP contribution in [-0.2, 0) is 30.6 Å². The molecule has 0 unspecified atom stereocenters. The van der Waals surface area contributed by atoms with Crippen molar-refractivity contribution in [1.82, 2.24) is 0 Å². The minimum Gasteiger partial charge on any atom is -0.488 e. The number of ether oxygens (including phenoxy) is 2. The van der Waals surface area contributed by atoms with E-state index < -0.39 is 0 Å². The second-order valence-corrected chi connectivity index (χ2v) is 7.30. The third kappa shape index (κ3) is 4.29. The maximum Gasteiger partial charge on any atom is 0.341 e. The van der Waals surface area contributed by atoms with Gasteiger partial charge in [0.15, 0.2) is 0 Å². The maximum atomic E-state index is 12.6. The summed E-state index contributed by atoms with van der Waals surface area (Å²) in [5.41, 5.74) is 5.47. The Hall–Kier alpha value is -1.81. The van der Waals surface area contributed by atoms with Gasteiger partial charge in [-0.2, -0.15) is 0 Å². The van der Waals surface area contributed by atoms with Crippen molar-refractivity contribution in [3.05, 3.63) is 64.2 Å². The Morgan fingerprint density at radius 2 is 1.85 bits per heavy atom. The van der Waals surface area contributed by atoms with Gasteiger partial charge in [0.2, 0.25) is 0 Å². The van der Waals surface area contributed by atoms with Crippen LogP contribution in [-0.4, -0.2) is 17.9 Å². The van der Waals surface area contributed by atoms with Crippen LogP contribution in [0.5, 0.6) is 5.75 Å². The van der Waals surface area contributed by atoms with Crippen LogP contribution in [0.25, 0.3) is 0 Å². The number of hydrogen-bond donors (Lipinski definition) is 0. The Labute approximate surface area is 163 Å². The van der Waals surface area contributed by atoms with Crippen LogP contribution in [0.4, 0.5) is 0 Å². The standard InChI is InChI=1S/C22H25BrO3/c1-2-25-22(24)20-14-17(12-13-23)18-10-6-7-11-19(18)21(20)26-15-16-8-4-3-5-9-16/h3-5,8-9,14H,2,6-7,10-13,15H2,1H3. The Kier molecular flexibility index (Phi) is 6.73. The summed E-state index contributed by atoms with van der Waals surface area (Å²) >= 11 is 3.54. The highest BCUT2D eigenvalue weighted by atomic mass is 79.9. The molecule has 2 aromatic rings. The quantitative estimate of drug-likeness (QED) is 0.456. The van der Waals surface area contributed by atoms with Gasteiger partial charge in [-0.25, -0.2) is 4.79 Å². The van der Waals surface area contributed by atoms with Crippen molar-refractivity contribution in [2.45, 2.75) is 45.6 Å². The normalized spacial score (nSPS) is 13.2. The highest BCUT2D eigenvalue weighted by molar-refractivity contribution is 9.09. The molecule has 3 rings (SSSR count). The third-order valence-electron chi connectivity index (χ3n) is 4.78. The molecule has 26 heavy (non-hydrogen) atoms. The van der Waals surface area contributed by atoms with Gasteiger partial charge in [-0.3, -0.25) is 0 Å². The second kappa shape index (κ2) is 9.22. The first-order valence-corrected chi connectivity index (χ1v) is 10.4. The highest BCUT2D eigenvalue weighted by Gasteiger charge is 2.25. The summed E-state index contributed by atoms with van der Waals surface area (Å²) in [5, 5.41) is 0.881. The zero-order chi connectivity index (χ0) is 18.4. The molecule has 2 aromatic carbocycles. The molecule has 1 aliphatic carbocycles. The van der Waals surface area contributed by atoms with Crippen molar-refractivity contribution in [3.8, 4) is 5.75 Å². The lowest BCUT2D eigenvalue weighted by molar-refractivity contribution is 0.0520. The molecule has 0 aliphatic heterocycles. The molecule has 3 nitrogen and oxygen atoms in total. The lowest BCUT2D eigenvalue weighted by Crippen LogP contribution is -2.16. The van der Waals surface area contributed by atoms with E-state index in [0.717, 1.165) is 42.3 Å². The Morgan fingerprint density at radius 3 is 2.54 bits per heavy atom. The summed E-state index contributed by atoms with van der Waals surface area (Å²) in [5.74, 6) is 0.431. The molecule has 0 saturated heterocycles. The van der Waals surface area contributed by atoms with Crippen LogP contribution in [0.2, 0.25) is 0 Å². The molecular formula is C22H25BrO3. The molecule has 0 aromatic heterocycles. The number of benzene rings is 2. The molecule has 138 valence electrons. The Morgan fingerprint density at radius 1 is 1.12 bits per heavy atom. The number of aryl methyl sites for hydroxylation is 1. The molecular weight excluding hydrogens is 392 g/mol. The van der Waals surface area contributed by atoms with E-state index in [2.05, 4.69) is 15.9 Å². The van der Waals surface area contributed by atoms with E-state index in [1.54, 1.807) is 0 Å². The van der Waals surface area contributed by atoms with Gasteiger partial charge < -0.3 is 9.47 Å². The van der Waals surface area contributed by atoms with Crippen molar-refractivity contribution in [2.24, 2.45) is 0 Å². The Bertz CT molecular complexity index is 756. The van der Waals surface area contributed by atoms with Gasteiger partial charge >= 0.3 is 5.97 Å².